The Hall–Kier alpha value is -2.04. The molecule has 154 valence electrons. The second kappa shape index (κ2) is 9.19. The molecule has 0 amide bonds. The van der Waals surface area contributed by atoms with Gasteiger partial charge in [0.2, 0.25) is 0 Å². The van der Waals surface area contributed by atoms with Crippen molar-refractivity contribution in [1.29, 1.82) is 0 Å². The van der Waals surface area contributed by atoms with Gasteiger partial charge in [0.15, 0.2) is 5.78 Å². The zero-order valence-corrected chi connectivity index (χ0v) is 17.3. The number of aromatic amines is 1. The second-order valence-corrected chi connectivity index (χ2v) is 7.52. The van der Waals surface area contributed by atoms with Gasteiger partial charge in [-0.25, -0.2) is 4.79 Å². The highest BCUT2D eigenvalue weighted by Gasteiger charge is 2.42. The van der Waals surface area contributed by atoms with E-state index in [0.29, 0.717) is 10.6 Å². The average Bonchev–Trinajstić information content (AvgIpc) is 3.06. The molecule has 2 heterocycles. The average molecular weight is 486 g/mol. The zero-order chi connectivity index (χ0) is 21.1. The van der Waals surface area contributed by atoms with Gasteiger partial charge in [0.25, 0.3) is 5.56 Å². The highest BCUT2D eigenvalue weighted by molar-refractivity contribution is 9.11. The molecule has 1 aromatic heterocycles. The number of aromatic nitrogens is 2. The number of rotatable bonds is 6. The van der Waals surface area contributed by atoms with Gasteiger partial charge in [-0.05, 0) is 22.7 Å². The predicted octanol–water partition coefficient (Wildman–Crippen LogP) is 1.38. The van der Waals surface area contributed by atoms with Crippen LogP contribution in [0, 0.1) is 0 Å². The summed E-state index contributed by atoms with van der Waals surface area (Å²) in [6.07, 6.45) is -2.39. The maximum Gasteiger partial charge on any atom is 0.330 e. The number of hydrogen-bond donors (Lipinski definition) is 3. The molecule has 2 aromatic rings. The van der Waals surface area contributed by atoms with Crippen molar-refractivity contribution in [3.63, 3.8) is 0 Å². The molecule has 0 aliphatic carbocycles. The quantitative estimate of drug-likeness (QED) is 0.568. The lowest BCUT2D eigenvalue weighted by Gasteiger charge is -2.21. The molecule has 1 fully saturated rings. The van der Waals surface area contributed by atoms with Gasteiger partial charge in [0, 0.05) is 24.1 Å². The van der Waals surface area contributed by atoms with E-state index in [0.717, 1.165) is 4.57 Å². The molecule has 1 saturated heterocycles. The fourth-order valence-electron chi connectivity index (χ4n) is 3.15. The fourth-order valence-corrected chi connectivity index (χ4v) is 3.64. The Morgan fingerprint density at radius 3 is 2.83 bits per heavy atom. The number of aliphatic hydroxyl groups excluding tert-OH is 2. The topological polar surface area (TPSA) is 122 Å². The van der Waals surface area contributed by atoms with Crippen molar-refractivity contribution in [3.8, 4) is 0 Å². The molecule has 1 unspecified atom stereocenters. The maximum absolute atomic E-state index is 12.5. The van der Waals surface area contributed by atoms with Crippen molar-refractivity contribution < 1.29 is 19.7 Å². The van der Waals surface area contributed by atoms with Crippen LogP contribution < -0.4 is 11.2 Å². The van der Waals surface area contributed by atoms with Crippen LogP contribution in [-0.2, 0) is 16.0 Å². The van der Waals surface area contributed by atoms with E-state index < -0.39 is 41.6 Å². The summed E-state index contributed by atoms with van der Waals surface area (Å²) in [5.41, 5.74) is -0.563. The number of nitrogens with zero attached hydrogens (tertiary/aromatic N) is 1. The van der Waals surface area contributed by atoms with Gasteiger partial charge >= 0.3 is 5.69 Å². The van der Waals surface area contributed by atoms with Crippen LogP contribution in [0.2, 0.25) is 5.02 Å². The summed E-state index contributed by atoms with van der Waals surface area (Å²) >= 11 is 9.11. The molecule has 0 saturated carbocycles. The summed E-state index contributed by atoms with van der Waals surface area (Å²) in [7, 11) is 0. The number of nitrogens with one attached hydrogen (secondary N) is 1. The lowest BCUT2D eigenvalue weighted by molar-refractivity contribution is -0.140. The molecule has 0 radical (unpaired) electrons. The molecule has 1 aliphatic heterocycles. The van der Waals surface area contributed by atoms with Crippen LogP contribution >= 0.6 is 27.5 Å². The summed E-state index contributed by atoms with van der Waals surface area (Å²) in [5, 5.41) is 21.1. The summed E-state index contributed by atoms with van der Waals surface area (Å²) in [4.78, 5) is 40.0. The highest BCUT2D eigenvalue weighted by Crippen LogP contribution is 2.30. The second-order valence-electron chi connectivity index (χ2n) is 6.58. The van der Waals surface area contributed by atoms with Crippen LogP contribution in [0.4, 0.5) is 0 Å². The molecule has 0 bridgehead atoms. The number of benzene rings is 1. The largest absolute Gasteiger partial charge is 0.390 e. The minimum Gasteiger partial charge on any atom is -0.390 e. The van der Waals surface area contributed by atoms with Crippen LogP contribution in [0.25, 0.3) is 6.08 Å². The van der Waals surface area contributed by atoms with Crippen LogP contribution in [0.5, 0.6) is 0 Å². The van der Waals surface area contributed by atoms with Crippen molar-refractivity contribution in [3.05, 3.63) is 72.4 Å². The van der Waals surface area contributed by atoms with Gasteiger partial charge in [-0.3, -0.25) is 19.1 Å². The first-order valence-electron chi connectivity index (χ1n) is 8.71. The Bertz CT molecular complexity index is 1050. The van der Waals surface area contributed by atoms with Gasteiger partial charge < -0.3 is 14.9 Å². The Kier molecular flexibility index (Phi) is 6.86. The fraction of sp³-hybridized carbons (Fsp3) is 0.316. The lowest BCUT2D eigenvalue weighted by atomic mass is 9.99. The summed E-state index contributed by atoms with van der Waals surface area (Å²) in [6.45, 7) is 0. The van der Waals surface area contributed by atoms with Gasteiger partial charge in [0.1, 0.15) is 18.4 Å². The SMILES string of the molecule is O=C(Cc1ccccc1Cl)C(O)[C@H]1O[C@@H](n2cc(C=CBr)c(=O)[nH]c2=O)C[C@@H]1O. The number of halogens is 2. The first kappa shape index (κ1) is 21.7. The third-order valence-corrected chi connectivity index (χ3v) is 5.28. The van der Waals surface area contributed by atoms with Crippen molar-refractivity contribution >= 4 is 39.4 Å². The van der Waals surface area contributed by atoms with Crippen LogP contribution in [-0.4, -0.2) is 43.9 Å². The smallest absolute Gasteiger partial charge is 0.330 e. The number of carbonyl (C=O) groups is 1. The minimum atomic E-state index is -1.60. The van der Waals surface area contributed by atoms with E-state index in [2.05, 4.69) is 20.9 Å². The third kappa shape index (κ3) is 4.76. The monoisotopic (exact) mass is 484 g/mol. The Labute approximate surface area is 178 Å². The summed E-state index contributed by atoms with van der Waals surface area (Å²) in [6, 6.07) is 6.75. The number of carbonyl (C=O) groups excluding carboxylic acids is 1. The lowest BCUT2D eigenvalue weighted by Crippen LogP contribution is -2.41. The molecule has 4 atom stereocenters. The number of H-pyrrole nitrogens is 1. The van der Waals surface area contributed by atoms with Crippen LogP contribution in [0.3, 0.4) is 0 Å². The molecule has 3 N–H and O–H groups in total. The highest BCUT2D eigenvalue weighted by atomic mass is 79.9. The van der Waals surface area contributed by atoms with Crippen LogP contribution in [0.1, 0.15) is 23.8 Å². The molecule has 1 aromatic carbocycles. The van der Waals surface area contributed by atoms with E-state index in [9.17, 15) is 24.6 Å². The molecule has 10 heteroatoms. The van der Waals surface area contributed by atoms with Crippen molar-refractivity contribution in [2.24, 2.45) is 0 Å². The number of ketones is 1. The van der Waals surface area contributed by atoms with Crippen molar-refractivity contribution in [1.82, 2.24) is 9.55 Å². The maximum atomic E-state index is 12.5. The predicted molar refractivity (Wildman–Crippen MR) is 110 cm³/mol. The normalized spacial score (nSPS) is 22.8. The summed E-state index contributed by atoms with van der Waals surface area (Å²) < 4.78 is 6.73. The minimum absolute atomic E-state index is 0.0372. The van der Waals surface area contributed by atoms with Crippen molar-refractivity contribution in [2.75, 3.05) is 0 Å². The third-order valence-electron chi connectivity index (χ3n) is 4.65. The molecule has 1 aliphatic rings. The van der Waals surface area contributed by atoms with E-state index in [-0.39, 0.29) is 18.4 Å². The number of ether oxygens (including phenoxy) is 1. The molecule has 0 spiro atoms. The first-order chi connectivity index (χ1) is 13.8. The standard InChI is InChI=1S/C19H18BrClN2O6/c20-6-5-11-9-23(19(28)22-18(11)27)15-8-14(25)17(29-15)16(26)13(24)7-10-3-1-2-4-12(10)21/h1-6,9,14-17,25-26H,7-8H2,(H,22,27,28)/t14-,15+,16?,17-/m0/s1. The first-order valence-corrected chi connectivity index (χ1v) is 10.0. The molecular formula is C19H18BrClN2O6. The molecule has 29 heavy (non-hydrogen) atoms. The number of aliphatic hydroxyl groups is 2. The van der Waals surface area contributed by atoms with Gasteiger partial charge in [-0.2, -0.15) is 0 Å². The molecule has 8 nitrogen and oxygen atoms in total. The van der Waals surface area contributed by atoms with Gasteiger partial charge in [0.05, 0.1) is 11.7 Å². The van der Waals surface area contributed by atoms with Crippen molar-refractivity contribution in [2.45, 2.75) is 37.4 Å². The van der Waals surface area contributed by atoms with E-state index in [4.69, 9.17) is 16.3 Å². The Morgan fingerprint density at radius 2 is 2.14 bits per heavy atom. The number of Topliss-reactive ketones (excluding diaryl/α,β-unsaturated/α-hetero) is 1. The molecular weight excluding hydrogens is 468 g/mol. The van der Waals surface area contributed by atoms with Crippen LogP contribution in [0.15, 0.2) is 45.0 Å². The van der Waals surface area contributed by atoms with E-state index in [1.54, 1.807) is 24.3 Å². The summed E-state index contributed by atoms with van der Waals surface area (Å²) in [5.74, 6) is -0.570. The van der Waals surface area contributed by atoms with E-state index >= 15 is 0 Å². The van der Waals surface area contributed by atoms with E-state index in [1.807, 2.05) is 0 Å². The Balaban J connectivity index is 1.78. The molecule has 3 rings (SSSR count). The van der Waals surface area contributed by atoms with E-state index in [1.165, 1.54) is 17.3 Å². The van der Waals surface area contributed by atoms with Gasteiger partial charge in [-0.15, -0.1) is 0 Å². The zero-order valence-electron chi connectivity index (χ0n) is 15.0. The Morgan fingerprint density at radius 1 is 1.41 bits per heavy atom. The number of hydrogen-bond acceptors (Lipinski definition) is 6. The van der Waals surface area contributed by atoms with Gasteiger partial charge in [-0.1, -0.05) is 45.7 Å².